The largest absolute Gasteiger partial charge is 0.378 e. The third-order valence-corrected chi connectivity index (χ3v) is 5.33. The second-order valence-electron chi connectivity index (χ2n) is 8.16. The quantitative estimate of drug-likeness (QED) is 0.168. The lowest BCUT2D eigenvalue weighted by atomic mass is 10.1. The van der Waals surface area contributed by atoms with Crippen LogP contribution in [0.2, 0.25) is 0 Å². The Morgan fingerprint density at radius 1 is 0.586 bits per heavy atom. The van der Waals surface area contributed by atoms with Crippen LogP contribution in [-0.2, 0) is 14.2 Å². The van der Waals surface area contributed by atoms with Crippen molar-refractivity contribution in [2.45, 2.75) is 129 Å². The van der Waals surface area contributed by atoms with E-state index < -0.39 is 6.29 Å². The molecule has 3 N–H and O–H groups in total. The molecule has 3 unspecified atom stereocenters. The lowest BCUT2D eigenvalue weighted by molar-refractivity contribution is -0.113. The summed E-state index contributed by atoms with van der Waals surface area (Å²) in [5.41, 5.74) is 5.60. The van der Waals surface area contributed by atoms with Crippen molar-refractivity contribution in [2.24, 2.45) is 5.73 Å². The highest BCUT2D eigenvalue weighted by Crippen LogP contribution is 2.15. The van der Waals surface area contributed by atoms with Gasteiger partial charge in [0.1, 0.15) is 0 Å². The van der Waals surface area contributed by atoms with Crippen LogP contribution in [0.1, 0.15) is 111 Å². The van der Waals surface area contributed by atoms with Crippen molar-refractivity contribution in [3.05, 3.63) is 0 Å². The molecule has 0 radical (unpaired) electrons. The first kappa shape index (κ1) is 28.8. The molecule has 5 heteroatoms. The van der Waals surface area contributed by atoms with Crippen LogP contribution in [0.5, 0.6) is 0 Å². The van der Waals surface area contributed by atoms with E-state index in [-0.39, 0.29) is 12.2 Å². The van der Waals surface area contributed by atoms with Crippen LogP contribution < -0.4 is 5.73 Å². The summed E-state index contributed by atoms with van der Waals surface area (Å²) in [5, 5.41) is 9.95. The second-order valence-corrected chi connectivity index (χ2v) is 8.16. The highest BCUT2D eigenvalue weighted by Gasteiger charge is 2.14. The number of hydrogen-bond donors (Lipinski definition) is 2. The summed E-state index contributed by atoms with van der Waals surface area (Å²) < 4.78 is 17.7. The van der Waals surface area contributed by atoms with Crippen molar-refractivity contribution in [2.75, 3.05) is 26.4 Å². The zero-order valence-electron chi connectivity index (χ0n) is 19.7. The van der Waals surface area contributed by atoms with Gasteiger partial charge in [-0.3, -0.25) is 0 Å². The third-order valence-electron chi connectivity index (χ3n) is 5.33. The molecule has 0 aromatic heterocycles. The van der Waals surface area contributed by atoms with Crippen LogP contribution in [0.15, 0.2) is 0 Å². The highest BCUT2D eigenvalue weighted by molar-refractivity contribution is 4.63. The van der Waals surface area contributed by atoms with Crippen LogP contribution in [0.4, 0.5) is 0 Å². The molecule has 5 nitrogen and oxygen atoms in total. The Labute approximate surface area is 181 Å². The number of rotatable bonds is 23. The molecule has 0 aromatic rings. The fraction of sp³-hybridized carbons (Fsp3) is 1.00. The van der Waals surface area contributed by atoms with E-state index in [0.717, 1.165) is 58.0 Å². The first-order valence-electron chi connectivity index (χ1n) is 12.4. The minimum Gasteiger partial charge on any atom is -0.378 e. The molecular formula is C24H51NO4. The van der Waals surface area contributed by atoms with Crippen LogP contribution >= 0.6 is 0 Å². The lowest BCUT2D eigenvalue weighted by Crippen LogP contribution is -2.23. The van der Waals surface area contributed by atoms with Crippen molar-refractivity contribution < 1.29 is 19.3 Å². The summed E-state index contributed by atoms with van der Waals surface area (Å²) in [7, 11) is 0. The standard InChI is InChI=1S/C24H51NO4/c1-4-7-10-13-22(17-20-29-24(26)15-12-9-6-3)27-19-16-23(28-21-18-25)14-11-8-5-2/h22-24,26H,4-21,25H2,1-3H3. The molecule has 0 aliphatic heterocycles. The van der Waals surface area contributed by atoms with E-state index in [1.165, 1.54) is 38.5 Å². The second kappa shape index (κ2) is 22.5. The number of aliphatic hydroxyl groups excluding tert-OH is 1. The van der Waals surface area contributed by atoms with E-state index in [4.69, 9.17) is 19.9 Å². The molecule has 0 heterocycles. The van der Waals surface area contributed by atoms with E-state index in [9.17, 15) is 5.11 Å². The molecular weight excluding hydrogens is 366 g/mol. The van der Waals surface area contributed by atoms with Crippen LogP contribution in [0.3, 0.4) is 0 Å². The Balaban J connectivity index is 4.22. The third kappa shape index (κ3) is 19.5. The number of unbranched alkanes of at least 4 members (excludes halogenated alkanes) is 6. The topological polar surface area (TPSA) is 73.9 Å². The van der Waals surface area contributed by atoms with Gasteiger partial charge in [0, 0.05) is 13.2 Å². The Hall–Kier alpha value is -0.200. The summed E-state index contributed by atoms with van der Waals surface area (Å²) in [6.07, 6.45) is 15.1. The lowest BCUT2D eigenvalue weighted by Gasteiger charge is -2.22. The molecule has 3 atom stereocenters. The molecule has 0 amide bonds. The highest BCUT2D eigenvalue weighted by atomic mass is 16.6. The van der Waals surface area contributed by atoms with E-state index >= 15 is 0 Å². The number of nitrogens with two attached hydrogens (primary N) is 1. The van der Waals surface area contributed by atoms with Gasteiger partial charge in [0.25, 0.3) is 0 Å². The summed E-state index contributed by atoms with van der Waals surface area (Å²) >= 11 is 0. The van der Waals surface area contributed by atoms with Gasteiger partial charge in [-0.25, -0.2) is 0 Å². The van der Waals surface area contributed by atoms with E-state index in [0.29, 0.717) is 19.8 Å². The van der Waals surface area contributed by atoms with Gasteiger partial charge in [-0.05, 0) is 38.5 Å². The van der Waals surface area contributed by atoms with Gasteiger partial charge in [-0.2, -0.15) is 0 Å². The molecule has 29 heavy (non-hydrogen) atoms. The molecule has 0 aliphatic carbocycles. The van der Waals surface area contributed by atoms with Gasteiger partial charge in [-0.15, -0.1) is 0 Å². The zero-order valence-corrected chi connectivity index (χ0v) is 19.7. The first-order chi connectivity index (χ1) is 14.2. The Kier molecular flexibility index (Phi) is 22.3. The number of hydrogen-bond acceptors (Lipinski definition) is 5. The smallest absolute Gasteiger partial charge is 0.154 e. The maximum absolute atomic E-state index is 9.95. The van der Waals surface area contributed by atoms with Crippen molar-refractivity contribution in [1.29, 1.82) is 0 Å². The minimum absolute atomic E-state index is 0.204. The fourth-order valence-corrected chi connectivity index (χ4v) is 3.45. The Morgan fingerprint density at radius 3 is 1.52 bits per heavy atom. The van der Waals surface area contributed by atoms with Gasteiger partial charge in [0.2, 0.25) is 0 Å². The maximum Gasteiger partial charge on any atom is 0.154 e. The van der Waals surface area contributed by atoms with E-state index in [2.05, 4.69) is 20.8 Å². The van der Waals surface area contributed by atoms with Gasteiger partial charge in [0.05, 0.1) is 25.4 Å². The number of ether oxygens (including phenoxy) is 3. The number of aliphatic hydroxyl groups is 1. The van der Waals surface area contributed by atoms with Crippen LogP contribution in [-0.4, -0.2) is 50.0 Å². The molecule has 0 rings (SSSR count). The monoisotopic (exact) mass is 417 g/mol. The van der Waals surface area contributed by atoms with Crippen LogP contribution in [0, 0.1) is 0 Å². The van der Waals surface area contributed by atoms with Crippen molar-refractivity contribution in [1.82, 2.24) is 0 Å². The molecule has 0 fully saturated rings. The van der Waals surface area contributed by atoms with Gasteiger partial charge < -0.3 is 25.1 Å². The molecule has 0 aromatic carbocycles. The molecule has 0 saturated heterocycles. The average Bonchev–Trinajstić information content (AvgIpc) is 2.71. The van der Waals surface area contributed by atoms with Gasteiger partial charge in [0.15, 0.2) is 6.29 Å². The molecule has 0 aliphatic rings. The summed E-state index contributed by atoms with van der Waals surface area (Å²) in [6.45, 7) is 9.10. The average molecular weight is 418 g/mol. The van der Waals surface area contributed by atoms with Gasteiger partial charge in [-0.1, -0.05) is 72.1 Å². The summed E-state index contributed by atoms with van der Waals surface area (Å²) in [6, 6.07) is 0. The SMILES string of the molecule is CCCCCC(O)OCCC(CCCCC)OCCC(CCCCC)OCCN. The maximum atomic E-state index is 9.95. The predicted octanol–water partition coefficient (Wildman–Crippen LogP) is 5.57. The van der Waals surface area contributed by atoms with E-state index in [1.807, 2.05) is 0 Å². The molecule has 0 bridgehead atoms. The molecule has 176 valence electrons. The van der Waals surface area contributed by atoms with Crippen molar-refractivity contribution >= 4 is 0 Å². The summed E-state index contributed by atoms with van der Waals surface area (Å²) in [5.74, 6) is 0. The Morgan fingerprint density at radius 2 is 1.03 bits per heavy atom. The molecule has 0 saturated carbocycles. The predicted molar refractivity (Wildman–Crippen MR) is 122 cm³/mol. The first-order valence-corrected chi connectivity index (χ1v) is 12.4. The van der Waals surface area contributed by atoms with Gasteiger partial charge >= 0.3 is 0 Å². The fourth-order valence-electron chi connectivity index (χ4n) is 3.45. The molecule has 0 spiro atoms. The summed E-state index contributed by atoms with van der Waals surface area (Å²) in [4.78, 5) is 0. The Bertz CT molecular complexity index is 317. The van der Waals surface area contributed by atoms with Crippen LogP contribution in [0.25, 0.3) is 0 Å². The minimum atomic E-state index is -0.634. The van der Waals surface area contributed by atoms with Crippen molar-refractivity contribution in [3.8, 4) is 0 Å². The van der Waals surface area contributed by atoms with E-state index in [1.54, 1.807) is 0 Å². The van der Waals surface area contributed by atoms with Crippen molar-refractivity contribution in [3.63, 3.8) is 0 Å². The normalized spacial score (nSPS) is 14.8. The zero-order chi connectivity index (χ0) is 21.6.